The van der Waals surface area contributed by atoms with Crippen molar-refractivity contribution in [1.82, 2.24) is 34.6 Å². The minimum atomic E-state index is -0.120. The Labute approximate surface area is 185 Å². The summed E-state index contributed by atoms with van der Waals surface area (Å²) in [6, 6.07) is 7.66. The third-order valence-electron chi connectivity index (χ3n) is 5.70. The van der Waals surface area contributed by atoms with Gasteiger partial charge < -0.3 is 9.80 Å². The van der Waals surface area contributed by atoms with Gasteiger partial charge in [0.2, 0.25) is 5.95 Å². The van der Waals surface area contributed by atoms with Crippen LogP contribution in [0.4, 0.5) is 5.95 Å². The minimum absolute atomic E-state index is 0.0895. The molecule has 4 aromatic rings. The second kappa shape index (κ2) is 8.43. The lowest BCUT2D eigenvalue weighted by Gasteiger charge is -2.32. The van der Waals surface area contributed by atoms with E-state index < -0.39 is 0 Å². The number of rotatable bonds is 5. The van der Waals surface area contributed by atoms with Crippen molar-refractivity contribution in [3.8, 4) is 11.1 Å². The highest BCUT2D eigenvalue weighted by atomic mass is 16.1. The van der Waals surface area contributed by atoms with Crippen LogP contribution < -0.4 is 4.90 Å². The fraction of sp³-hybridized carbons (Fsp3) is 0.304. The number of carbonyl (C=O) groups excluding carboxylic acids is 1. The van der Waals surface area contributed by atoms with Crippen LogP contribution in [-0.2, 0) is 13.5 Å². The monoisotopic (exact) mass is 428 g/mol. The number of aromatic nitrogens is 6. The maximum Gasteiger partial charge on any atom is 0.226 e. The Morgan fingerprint density at radius 1 is 0.969 bits per heavy atom. The normalized spacial score (nSPS) is 14.8. The molecule has 0 radical (unpaired) electrons. The van der Waals surface area contributed by atoms with Crippen LogP contribution in [0, 0.1) is 0 Å². The summed E-state index contributed by atoms with van der Waals surface area (Å²) in [6.07, 6.45) is 7.27. The van der Waals surface area contributed by atoms with Gasteiger partial charge in [-0.3, -0.25) is 9.48 Å². The summed E-state index contributed by atoms with van der Waals surface area (Å²) in [5.74, 6) is 0.959. The third-order valence-corrected chi connectivity index (χ3v) is 5.70. The zero-order valence-electron chi connectivity index (χ0n) is 18.1. The molecule has 32 heavy (non-hydrogen) atoms. The quantitative estimate of drug-likeness (QED) is 0.446. The molecule has 1 aliphatic rings. The summed E-state index contributed by atoms with van der Waals surface area (Å²) >= 11 is 0. The highest BCUT2D eigenvalue weighted by Gasteiger charge is 2.19. The van der Waals surface area contributed by atoms with Gasteiger partial charge in [-0.2, -0.15) is 5.10 Å². The molecule has 0 unspecified atom stereocenters. The Bertz CT molecular complexity index is 1280. The first kappa shape index (κ1) is 20.2. The number of hydrogen-bond donors (Lipinski definition) is 0. The van der Waals surface area contributed by atoms with E-state index in [1.165, 1.54) is 0 Å². The predicted molar refractivity (Wildman–Crippen MR) is 122 cm³/mol. The van der Waals surface area contributed by atoms with Crippen molar-refractivity contribution < 1.29 is 4.79 Å². The van der Waals surface area contributed by atoms with E-state index >= 15 is 0 Å². The molecule has 162 valence electrons. The number of anilines is 1. The van der Waals surface area contributed by atoms with Crippen molar-refractivity contribution in [1.29, 1.82) is 0 Å². The van der Waals surface area contributed by atoms with E-state index in [0.717, 1.165) is 48.2 Å². The van der Waals surface area contributed by atoms with E-state index in [4.69, 9.17) is 0 Å². The SMILES string of the molecule is CN1CCN(c2nccc(C(=O)Cc3ncc4ccc(-c5cnn(C)c5)cc4n3)n2)CC1. The molecule has 9 nitrogen and oxygen atoms in total. The number of nitrogens with zero attached hydrogens (tertiary/aromatic N) is 8. The van der Waals surface area contributed by atoms with E-state index in [2.05, 4.69) is 41.9 Å². The summed E-state index contributed by atoms with van der Waals surface area (Å²) in [7, 11) is 3.99. The number of carbonyl (C=O) groups is 1. The molecule has 0 spiro atoms. The van der Waals surface area contributed by atoms with E-state index in [1.807, 2.05) is 37.6 Å². The number of benzene rings is 1. The van der Waals surface area contributed by atoms with Gasteiger partial charge in [0.1, 0.15) is 11.5 Å². The molecule has 3 aromatic heterocycles. The molecule has 0 saturated carbocycles. The first-order valence-electron chi connectivity index (χ1n) is 10.6. The molecule has 9 heteroatoms. The summed E-state index contributed by atoms with van der Waals surface area (Å²) in [5, 5.41) is 5.15. The first-order valence-corrected chi connectivity index (χ1v) is 10.6. The van der Waals surface area contributed by atoms with Crippen LogP contribution in [0.3, 0.4) is 0 Å². The maximum absolute atomic E-state index is 12.9. The summed E-state index contributed by atoms with van der Waals surface area (Å²) in [4.78, 5) is 35.2. The van der Waals surface area contributed by atoms with Crippen molar-refractivity contribution >= 4 is 22.6 Å². The lowest BCUT2D eigenvalue weighted by Crippen LogP contribution is -2.45. The Morgan fingerprint density at radius 3 is 2.59 bits per heavy atom. The number of aryl methyl sites for hydroxylation is 1. The molecule has 0 aliphatic carbocycles. The van der Waals surface area contributed by atoms with Gasteiger partial charge in [-0.05, 0) is 24.7 Å². The van der Waals surface area contributed by atoms with Crippen LogP contribution in [0.25, 0.3) is 22.0 Å². The molecule has 1 aromatic carbocycles. The zero-order valence-corrected chi connectivity index (χ0v) is 18.1. The highest BCUT2D eigenvalue weighted by molar-refractivity contribution is 5.95. The standard InChI is InChI=1S/C23H24N8O/c1-29-7-9-31(10-8-29)23-24-6-5-19(28-23)21(32)12-22-25-13-17-4-3-16(11-20(17)27-22)18-14-26-30(2)15-18/h3-6,11,13-15H,7-10,12H2,1-2H3. The summed E-state index contributed by atoms with van der Waals surface area (Å²) in [5.41, 5.74) is 3.23. The number of hydrogen-bond acceptors (Lipinski definition) is 8. The minimum Gasteiger partial charge on any atom is -0.338 e. The zero-order chi connectivity index (χ0) is 22.1. The molecule has 5 rings (SSSR count). The fourth-order valence-corrected chi connectivity index (χ4v) is 3.79. The van der Waals surface area contributed by atoms with Crippen molar-refractivity contribution in [3.63, 3.8) is 0 Å². The number of Topliss-reactive ketones (excluding diaryl/α,β-unsaturated/α-hetero) is 1. The van der Waals surface area contributed by atoms with Crippen molar-refractivity contribution in [3.05, 3.63) is 60.6 Å². The first-order chi connectivity index (χ1) is 15.5. The van der Waals surface area contributed by atoms with Crippen molar-refractivity contribution in [2.24, 2.45) is 7.05 Å². The van der Waals surface area contributed by atoms with Gasteiger partial charge in [0, 0.05) is 62.8 Å². The maximum atomic E-state index is 12.9. The van der Waals surface area contributed by atoms with Crippen LogP contribution >= 0.6 is 0 Å². The van der Waals surface area contributed by atoms with E-state index in [-0.39, 0.29) is 12.2 Å². The van der Waals surface area contributed by atoms with Crippen LogP contribution in [0.15, 0.2) is 49.1 Å². The molecule has 1 aliphatic heterocycles. The smallest absolute Gasteiger partial charge is 0.226 e. The van der Waals surface area contributed by atoms with Gasteiger partial charge in [0.25, 0.3) is 0 Å². The molecule has 1 saturated heterocycles. The van der Waals surface area contributed by atoms with E-state index in [0.29, 0.717) is 17.5 Å². The molecule has 4 heterocycles. The van der Waals surface area contributed by atoms with Gasteiger partial charge in [-0.1, -0.05) is 12.1 Å². The van der Waals surface area contributed by atoms with Gasteiger partial charge in [0.15, 0.2) is 5.78 Å². The molecule has 0 amide bonds. The Kier molecular flexibility index (Phi) is 5.32. The topological polar surface area (TPSA) is 92.9 Å². The highest BCUT2D eigenvalue weighted by Crippen LogP contribution is 2.23. The second-order valence-electron chi connectivity index (χ2n) is 8.09. The molecule has 1 fully saturated rings. The molecular weight excluding hydrogens is 404 g/mol. The third kappa shape index (κ3) is 4.19. The number of fused-ring (bicyclic) bond motifs is 1. The summed E-state index contributed by atoms with van der Waals surface area (Å²) in [6.45, 7) is 3.60. The number of likely N-dealkylation sites (N-methyl/N-ethyl adjacent to an activating group) is 1. The Balaban J connectivity index is 1.36. The Morgan fingerprint density at radius 2 is 1.81 bits per heavy atom. The van der Waals surface area contributed by atoms with Crippen molar-refractivity contribution in [2.45, 2.75) is 6.42 Å². The van der Waals surface area contributed by atoms with Crippen molar-refractivity contribution in [2.75, 3.05) is 38.1 Å². The molecule has 0 atom stereocenters. The molecule has 0 N–H and O–H groups in total. The fourth-order valence-electron chi connectivity index (χ4n) is 3.79. The van der Waals surface area contributed by atoms with Crippen LogP contribution in [0.2, 0.25) is 0 Å². The van der Waals surface area contributed by atoms with Crippen LogP contribution in [0.1, 0.15) is 16.3 Å². The average Bonchev–Trinajstić information content (AvgIpc) is 3.25. The van der Waals surface area contributed by atoms with Gasteiger partial charge in [-0.15, -0.1) is 0 Å². The molecular formula is C23H24N8O. The molecule has 0 bridgehead atoms. The average molecular weight is 429 g/mol. The van der Waals surface area contributed by atoms with Gasteiger partial charge >= 0.3 is 0 Å². The largest absolute Gasteiger partial charge is 0.338 e. The van der Waals surface area contributed by atoms with Gasteiger partial charge in [-0.25, -0.2) is 19.9 Å². The van der Waals surface area contributed by atoms with Crippen LogP contribution in [-0.4, -0.2) is 73.6 Å². The lowest BCUT2D eigenvalue weighted by atomic mass is 10.1. The lowest BCUT2D eigenvalue weighted by molar-refractivity contribution is 0.0986. The van der Waals surface area contributed by atoms with Gasteiger partial charge in [0.05, 0.1) is 18.1 Å². The second-order valence-corrected chi connectivity index (χ2v) is 8.09. The number of piperazine rings is 1. The van der Waals surface area contributed by atoms with E-state index in [1.54, 1.807) is 23.1 Å². The van der Waals surface area contributed by atoms with Crippen LogP contribution in [0.5, 0.6) is 0 Å². The Hall–Kier alpha value is -3.72. The number of ketones is 1. The predicted octanol–water partition coefficient (Wildman–Crippen LogP) is 2.00. The summed E-state index contributed by atoms with van der Waals surface area (Å²) < 4.78 is 1.77. The van der Waals surface area contributed by atoms with E-state index in [9.17, 15) is 4.79 Å².